The largest absolute Gasteiger partial charge is 0.374 e. The van der Waals surface area contributed by atoms with Crippen molar-refractivity contribution in [2.45, 2.75) is 65.6 Å². The lowest BCUT2D eigenvalue weighted by Gasteiger charge is -2.34. The van der Waals surface area contributed by atoms with E-state index in [9.17, 15) is 0 Å². The molecule has 166 valence electrons. The Morgan fingerprint density at radius 1 is 1.21 bits per heavy atom. The van der Waals surface area contributed by atoms with Gasteiger partial charge in [-0.3, -0.25) is 4.90 Å². The Morgan fingerprint density at radius 3 is 2.86 bits per heavy atom. The monoisotopic (exact) mass is 519 g/mol. The Kier molecular flexibility index (Phi) is 10.6. The second kappa shape index (κ2) is 12.7. The first-order valence-corrected chi connectivity index (χ1v) is 10.9. The summed E-state index contributed by atoms with van der Waals surface area (Å²) in [6.07, 6.45) is 4.90. The quantitative estimate of drug-likeness (QED) is 0.326. The van der Waals surface area contributed by atoms with Crippen molar-refractivity contribution < 1.29 is 4.74 Å². The van der Waals surface area contributed by atoms with Crippen molar-refractivity contribution in [3.8, 4) is 0 Å². The van der Waals surface area contributed by atoms with Gasteiger partial charge < -0.3 is 19.9 Å². The molecule has 0 spiro atoms. The Labute approximate surface area is 192 Å². The number of rotatable bonds is 7. The molecule has 1 saturated heterocycles. The van der Waals surface area contributed by atoms with Crippen molar-refractivity contribution in [3.05, 3.63) is 11.6 Å². The minimum absolute atomic E-state index is 0. The Hall–Kier alpha value is -0.940. The molecule has 3 rings (SSSR count). The van der Waals surface area contributed by atoms with E-state index in [0.29, 0.717) is 12.5 Å². The van der Waals surface area contributed by atoms with E-state index < -0.39 is 0 Å². The molecule has 0 aromatic carbocycles. The maximum absolute atomic E-state index is 5.94. The summed E-state index contributed by atoms with van der Waals surface area (Å²) < 4.78 is 8.20. The van der Waals surface area contributed by atoms with Crippen LogP contribution in [-0.2, 0) is 24.2 Å². The number of nitrogens with one attached hydrogen (secondary N) is 2. The zero-order chi connectivity index (χ0) is 19.8. The molecule has 0 saturated carbocycles. The second-order valence-corrected chi connectivity index (χ2v) is 8.22. The highest BCUT2D eigenvalue weighted by Crippen LogP contribution is 2.14. The van der Waals surface area contributed by atoms with Gasteiger partial charge >= 0.3 is 0 Å². The predicted molar refractivity (Wildman–Crippen MR) is 127 cm³/mol. The van der Waals surface area contributed by atoms with Crippen molar-refractivity contribution in [3.63, 3.8) is 0 Å². The van der Waals surface area contributed by atoms with Gasteiger partial charge in [-0.1, -0.05) is 20.3 Å². The molecule has 0 bridgehead atoms. The maximum Gasteiger partial charge on any atom is 0.191 e. The summed E-state index contributed by atoms with van der Waals surface area (Å²) in [4.78, 5) is 7.24. The summed E-state index contributed by atoms with van der Waals surface area (Å²) in [7, 11) is 0. The second-order valence-electron chi connectivity index (χ2n) is 8.22. The van der Waals surface area contributed by atoms with E-state index >= 15 is 0 Å². The van der Waals surface area contributed by atoms with E-state index in [-0.39, 0.29) is 30.1 Å². The summed E-state index contributed by atoms with van der Waals surface area (Å²) in [6.45, 7) is 13.7. The molecule has 1 fully saturated rings. The number of guanidine groups is 1. The molecule has 2 aliphatic rings. The smallest absolute Gasteiger partial charge is 0.191 e. The van der Waals surface area contributed by atoms with Crippen molar-refractivity contribution >= 4 is 29.9 Å². The van der Waals surface area contributed by atoms with Crippen LogP contribution in [0, 0.1) is 5.92 Å². The van der Waals surface area contributed by atoms with Gasteiger partial charge in [0.2, 0.25) is 0 Å². The van der Waals surface area contributed by atoms with Crippen LogP contribution in [0.15, 0.2) is 4.99 Å². The molecule has 0 aliphatic carbocycles. The van der Waals surface area contributed by atoms with Gasteiger partial charge in [0, 0.05) is 45.7 Å². The van der Waals surface area contributed by atoms with Gasteiger partial charge in [-0.05, 0) is 25.7 Å². The van der Waals surface area contributed by atoms with Crippen molar-refractivity contribution in [1.29, 1.82) is 0 Å². The number of fused-ring (bicyclic) bond motifs is 1. The fourth-order valence-electron chi connectivity index (χ4n) is 3.95. The molecule has 9 heteroatoms. The number of aryl methyl sites for hydroxylation is 1. The SMILES string of the molecule is CCNC(=NCc1nnc2n1CCCCC2)NCC1CN(CC(C)C)CCO1.I. The van der Waals surface area contributed by atoms with Crippen LogP contribution in [0.3, 0.4) is 0 Å². The van der Waals surface area contributed by atoms with E-state index in [0.717, 1.165) is 69.9 Å². The molecule has 2 aliphatic heterocycles. The summed E-state index contributed by atoms with van der Waals surface area (Å²) in [5.74, 6) is 3.58. The first-order chi connectivity index (χ1) is 13.7. The third-order valence-electron chi connectivity index (χ3n) is 5.25. The standard InChI is InChI=1S/C20H37N7O.HI/c1-4-21-20(22-12-17-15-26(10-11-28-17)14-16(2)3)23-13-19-25-24-18-8-6-5-7-9-27(18)19;/h16-17H,4-15H2,1-3H3,(H2,21,22,23);1H. The first-order valence-electron chi connectivity index (χ1n) is 10.9. The number of aromatic nitrogens is 3. The van der Waals surface area contributed by atoms with Gasteiger partial charge in [0.15, 0.2) is 11.8 Å². The molecule has 2 N–H and O–H groups in total. The fourth-order valence-corrected chi connectivity index (χ4v) is 3.95. The summed E-state index contributed by atoms with van der Waals surface area (Å²) in [5.41, 5.74) is 0. The third-order valence-corrected chi connectivity index (χ3v) is 5.25. The molecule has 0 amide bonds. The molecule has 1 atom stereocenters. The molecule has 0 radical (unpaired) electrons. The highest BCUT2D eigenvalue weighted by Gasteiger charge is 2.21. The number of hydrogen-bond donors (Lipinski definition) is 2. The summed E-state index contributed by atoms with van der Waals surface area (Å²) >= 11 is 0. The number of hydrogen-bond acceptors (Lipinski definition) is 5. The zero-order valence-electron chi connectivity index (χ0n) is 18.2. The average molecular weight is 519 g/mol. The number of aliphatic imine (C=N–C) groups is 1. The summed E-state index contributed by atoms with van der Waals surface area (Å²) in [5, 5.41) is 15.5. The van der Waals surface area contributed by atoms with Crippen LogP contribution in [0.2, 0.25) is 0 Å². The normalized spacial score (nSPS) is 20.7. The summed E-state index contributed by atoms with van der Waals surface area (Å²) in [6, 6.07) is 0. The van der Waals surface area contributed by atoms with Crippen LogP contribution < -0.4 is 10.6 Å². The van der Waals surface area contributed by atoms with Crippen molar-refractivity contribution in [2.24, 2.45) is 10.9 Å². The van der Waals surface area contributed by atoms with Gasteiger partial charge in [0.05, 0.1) is 12.7 Å². The van der Waals surface area contributed by atoms with Crippen LogP contribution in [0.4, 0.5) is 0 Å². The lowest BCUT2D eigenvalue weighted by molar-refractivity contribution is -0.0284. The molecular weight excluding hydrogens is 481 g/mol. The molecule has 29 heavy (non-hydrogen) atoms. The topological polar surface area (TPSA) is 79.6 Å². The van der Waals surface area contributed by atoms with Crippen LogP contribution >= 0.6 is 24.0 Å². The van der Waals surface area contributed by atoms with Crippen LogP contribution in [-0.4, -0.2) is 71.1 Å². The van der Waals surface area contributed by atoms with Gasteiger partial charge in [0.1, 0.15) is 12.4 Å². The van der Waals surface area contributed by atoms with E-state index in [1.165, 1.54) is 19.3 Å². The Bertz CT molecular complexity index is 634. The molecule has 8 nitrogen and oxygen atoms in total. The minimum atomic E-state index is 0. The Morgan fingerprint density at radius 2 is 2.07 bits per heavy atom. The number of halogens is 1. The third kappa shape index (κ3) is 7.67. The molecule has 1 unspecified atom stereocenters. The van der Waals surface area contributed by atoms with E-state index in [4.69, 9.17) is 9.73 Å². The van der Waals surface area contributed by atoms with Gasteiger partial charge in [-0.2, -0.15) is 0 Å². The number of morpholine rings is 1. The minimum Gasteiger partial charge on any atom is -0.374 e. The van der Waals surface area contributed by atoms with Gasteiger partial charge in [-0.25, -0.2) is 4.99 Å². The zero-order valence-corrected chi connectivity index (χ0v) is 20.5. The van der Waals surface area contributed by atoms with E-state index in [1.807, 2.05) is 0 Å². The molecule has 3 heterocycles. The molecule has 1 aromatic heterocycles. The predicted octanol–water partition coefficient (Wildman–Crippen LogP) is 2.03. The first kappa shape index (κ1) is 24.3. The van der Waals surface area contributed by atoms with Gasteiger partial charge in [-0.15, -0.1) is 34.2 Å². The van der Waals surface area contributed by atoms with E-state index in [1.54, 1.807) is 0 Å². The maximum atomic E-state index is 5.94. The molecular formula is C20H38IN7O. The number of nitrogens with zero attached hydrogens (tertiary/aromatic N) is 5. The van der Waals surface area contributed by atoms with Gasteiger partial charge in [0.25, 0.3) is 0 Å². The Balaban J connectivity index is 0.00000300. The average Bonchev–Trinajstić information content (AvgIpc) is 2.90. The fraction of sp³-hybridized carbons (Fsp3) is 0.850. The van der Waals surface area contributed by atoms with Crippen molar-refractivity contribution in [1.82, 2.24) is 30.3 Å². The lowest BCUT2D eigenvalue weighted by atomic mass is 10.2. The van der Waals surface area contributed by atoms with Crippen LogP contribution in [0.5, 0.6) is 0 Å². The highest BCUT2D eigenvalue weighted by atomic mass is 127. The highest BCUT2D eigenvalue weighted by molar-refractivity contribution is 14.0. The van der Waals surface area contributed by atoms with E-state index in [2.05, 4.69) is 51.1 Å². The lowest BCUT2D eigenvalue weighted by Crippen LogP contribution is -2.50. The van der Waals surface area contributed by atoms with Crippen LogP contribution in [0.25, 0.3) is 0 Å². The number of ether oxygens (including phenoxy) is 1. The van der Waals surface area contributed by atoms with Crippen LogP contribution in [0.1, 0.15) is 51.7 Å². The van der Waals surface area contributed by atoms with Crippen molar-refractivity contribution in [2.75, 3.05) is 39.3 Å². The molecule has 1 aromatic rings.